The number of anilines is 1. The molecule has 0 saturated carbocycles. The number of nitrogens with zero attached hydrogens (tertiary/aromatic N) is 3. The highest BCUT2D eigenvalue weighted by Gasteiger charge is 2.27. The van der Waals surface area contributed by atoms with Crippen LogP contribution in [0.15, 0.2) is 73.7 Å². The number of carbonyl (C=O) groups is 1. The first-order chi connectivity index (χ1) is 16.6. The Labute approximate surface area is 197 Å². The third-order valence-electron chi connectivity index (χ3n) is 5.75. The molecule has 1 atom stereocenters. The molecule has 0 unspecified atom stereocenters. The second-order valence-corrected chi connectivity index (χ2v) is 7.98. The third kappa shape index (κ3) is 5.28. The molecule has 3 aromatic rings. The Morgan fingerprint density at radius 1 is 1.26 bits per heavy atom. The summed E-state index contributed by atoms with van der Waals surface area (Å²) in [6, 6.07) is 14.0. The van der Waals surface area contributed by atoms with E-state index < -0.39 is 6.67 Å². The Bertz CT molecular complexity index is 1180. The van der Waals surface area contributed by atoms with Crippen molar-refractivity contribution in [1.82, 2.24) is 14.9 Å². The van der Waals surface area contributed by atoms with Gasteiger partial charge in [-0.05, 0) is 60.9 Å². The zero-order valence-corrected chi connectivity index (χ0v) is 18.7. The molecule has 174 valence electrons. The number of carbonyl (C=O) groups excluding carboxylic acids is 1. The summed E-state index contributed by atoms with van der Waals surface area (Å²) >= 11 is 0. The summed E-state index contributed by atoms with van der Waals surface area (Å²) in [5, 5.41) is 12.0. The van der Waals surface area contributed by atoms with Gasteiger partial charge in [-0.2, -0.15) is 0 Å². The maximum Gasteiger partial charge on any atom is 0.246 e. The van der Waals surface area contributed by atoms with Crippen LogP contribution in [0.4, 0.5) is 10.2 Å². The van der Waals surface area contributed by atoms with E-state index in [2.05, 4.69) is 21.9 Å². The van der Waals surface area contributed by atoms with E-state index in [4.69, 9.17) is 10.1 Å². The third-order valence-corrected chi connectivity index (χ3v) is 5.75. The topological polar surface area (TPSA) is 91.2 Å². The predicted octanol–water partition coefficient (Wildman–Crippen LogP) is 4.74. The van der Waals surface area contributed by atoms with E-state index in [1.54, 1.807) is 54.7 Å². The van der Waals surface area contributed by atoms with Crippen molar-refractivity contribution >= 4 is 17.4 Å². The average molecular weight is 460 g/mol. The smallest absolute Gasteiger partial charge is 0.246 e. The molecule has 0 aliphatic carbocycles. The van der Waals surface area contributed by atoms with E-state index in [0.717, 1.165) is 19.4 Å². The largest absolute Gasteiger partial charge is 0.457 e. The number of aromatic nitrogens is 2. The fraction of sp³-hybridized carbons (Fsp3) is 0.231. The molecule has 4 rings (SSSR count). The van der Waals surface area contributed by atoms with Crippen molar-refractivity contribution < 1.29 is 13.9 Å². The molecule has 1 aliphatic rings. The molecule has 8 heteroatoms. The molecule has 1 aliphatic heterocycles. The van der Waals surface area contributed by atoms with Crippen LogP contribution in [0.2, 0.25) is 0 Å². The number of amides is 1. The highest BCUT2D eigenvalue weighted by Crippen LogP contribution is 2.25. The molecule has 34 heavy (non-hydrogen) atoms. The molecule has 1 saturated heterocycles. The van der Waals surface area contributed by atoms with Crippen molar-refractivity contribution in [1.29, 1.82) is 5.41 Å². The molecule has 2 heterocycles. The fourth-order valence-corrected chi connectivity index (χ4v) is 4.00. The van der Waals surface area contributed by atoms with E-state index in [1.807, 2.05) is 4.90 Å². The lowest BCUT2D eigenvalue weighted by molar-refractivity contribution is -0.126. The van der Waals surface area contributed by atoms with Crippen LogP contribution in [-0.4, -0.2) is 45.6 Å². The number of halogens is 1. The summed E-state index contributed by atoms with van der Waals surface area (Å²) in [4.78, 5) is 22.3. The lowest BCUT2D eigenvalue weighted by atomic mass is 10.0. The van der Waals surface area contributed by atoms with Gasteiger partial charge < -0.3 is 15.0 Å². The fourth-order valence-electron chi connectivity index (χ4n) is 4.00. The minimum absolute atomic E-state index is 0.0508. The van der Waals surface area contributed by atoms with Crippen LogP contribution in [0.3, 0.4) is 0 Å². The summed E-state index contributed by atoms with van der Waals surface area (Å²) in [6.07, 6.45) is 6.23. The van der Waals surface area contributed by atoms with Crippen LogP contribution >= 0.6 is 0 Å². The van der Waals surface area contributed by atoms with Crippen molar-refractivity contribution in [3.8, 4) is 11.5 Å². The molecule has 0 radical (unpaired) electrons. The Hall–Kier alpha value is -4.07. The van der Waals surface area contributed by atoms with Gasteiger partial charge in [-0.1, -0.05) is 18.7 Å². The van der Waals surface area contributed by atoms with Gasteiger partial charge in [0.1, 0.15) is 30.3 Å². The number of likely N-dealkylation sites (tertiary alicyclic amines) is 1. The van der Waals surface area contributed by atoms with Crippen molar-refractivity contribution in [2.24, 2.45) is 0 Å². The highest BCUT2D eigenvalue weighted by molar-refractivity contribution is 6.13. The summed E-state index contributed by atoms with van der Waals surface area (Å²) in [6.45, 7) is 4.28. The molecule has 0 bridgehead atoms. The molecular formula is C26H26FN5O2. The second-order valence-electron chi connectivity index (χ2n) is 7.98. The Balaban J connectivity index is 1.45. The van der Waals surface area contributed by atoms with E-state index in [0.29, 0.717) is 40.6 Å². The van der Waals surface area contributed by atoms with E-state index in [-0.39, 0.29) is 17.7 Å². The summed E-state index contributed by atoms with van der Waals surface area (Å²) in [7, 11) is 0. The number of hydrogen-bond donors (Lipinski definition) is 2. The highest BCUT2D eigenvalue weighted by atomic mass is 19.1. The molecule has 0 spiro atoms. The first-order valence-corrected chi connectivity index (χ1v) is 11.1. The Kier molecular flexibility index (Phi) is 7.27. The molecule has 2 aromatic carbocycles. The van der Waals surface area contributed by atoms with E-state index in [9.17, 15) is 9.18 Å². The monoisotopic (exact) mass is 459 g/mol. The van der Waals surface area contributed by atoms with Crippen LogP contribution in [-0.2, 0) is 11.5 Å². The Morgan fingerprint density at radius 3 is 2.85 bits per heavy atom. The number of hydrogen-bond acceptors (Lipinski definition) is 6. The molecular weight excluding hydrogens is 433 g/mol. The van der Waals surface area contributed by atoms with Gasteiger partial charge in [0, 0.05) is 30.9 Å². The molecule has 7 nitrogen and oxygen atoms in total. The van der Waals surface area contributed by atoms with Crippen molar-refractivity contribution in [3.05, 3.63) is 90.4 Å². The van der Waals surface area contributed by atoms with Gasteiger partial charge in [0.05, 0.1) is 11.3 Å². The Morgan fingerprint density at radius 2 is 2.09 bits per heavy atom. The van der Waals surface area contributed by atoms with Gasteiger partial charge in [0.2, 0.25) is 5.91 Å². The maximum absolute atomic E-state index is 12.9. The molecule has 1 fully saturated rings. The van der Waals surface area contributed by atoms with E-state index >= 15 is 0 Å². The quantitative estimate of drug-likeness (QED) is 0.356. The molecule has 1 amide bonds. The van der Waals surface area contributed by atoms with Crippen LogP contribution in [0, 0.1) is 5.41 Å². The SMILES string of the molecule is C=CC(=O)N1CCC[C@H]1CNc1ncncc1C(=N)c1ccc(Oc2cccc(CF)c2)cc1. The van der Waals surface area contributed by atoms with Gasteiger partial charge in [0.25, 0.3) is 0 Å². The summed E-state index contributed by atoms with van der Waals surface area (Å²) in [5.41, 5.74) is 2.05. The van der Waals surface area contributed by atoms with Crippen molar-refractivity contribution in [2.45, 2.75) is 25.6 Å². The number of ether oxygens (including phenoxy) is 1. The van der Waals surface area contributed by atoms with Crippen LogP contribution in [0.25, 0.3) is 0 Å². The van der Waals surface area contributed by atoms with Crippen LogP contribution in [0.5, 0.6) is 11.5 Å². The first-order valence-electron chi connectivity index (χ1n) is 11.1. The van der Waals surface area contributed by atoms with Gasteiger partial charge in [-0.3, -0.25) is 10.2 Å². The number of nitrogens with one attached hydrogen (secondary N) is 2. The predicted molar refractivity (Wildman–Crippen MR) is 129 cm³/mol. The number of benzene rings is 2. The minimum atomic E-state index is -0.549. The second kappa shape index (κ2) is 10.7. The zero-order valence-electron chi connectivity index (χ0n) is 18.7. The number of alkyl halides is 1. The summed E-state index contributed by atoms with van der Waals surface area (Å²) < 4.78 is 18.7. The zero-order chi connectivity index (χ0) is 23.9. The summed E-state index contributed by atoms with van der Waals surface area (Å²) in [5.74, 6) is 1.61. The van der Waals surface area contributed by atoms with Crippen LogP contribution in [0.1, 0.15) is 29.5 Å². The van der Waals surface area contributed by atoms with Crippen LogP contribution < -0.4 is 10.1 Å². The average Bonchev–Trinajstić information content (AvgIpc) is 3.36. The standard InChI is InChI=1S/C26H26FN5O2/c1-2-24(33)32-12-4-6-20(32)15-30-26-23(16-29-17-31-26)25(28)19-8-10-21(11-9-19)34-22-7-3-5-18(13-22)14-27/h2-3,5,7-11,13,16-17,20,28H,1,4,6,12,14-15H2,(H,29,30,31)/t20-/m0/s1. The maximum atomic E-state index is 12.9. The normalized spacial score (nSPS) is 15.1. The minimum Gasteiger partial charge on any atom is -0.457 e. The van der Waals surface area contributed by atoms with Crippen molar-refractivity contribution in [2.75, 3.05) is 18.4 Å². The van der Waals surface area contributed by atoms with E-state index in [1.165, 1.54) is 12.4 Å². The lowest BCUT2D eigenvalue weighted by Crippen LogP contribution is -2.38. The lowest BCUT2D eigenvalue weighted by Gasteiger charge is -2.24. The number of rotatable bonds is 9. The van der Waals surface area contributed by atoms with Gasteiger partial charge in [0.15, 0.2) is 0 Å². The first kappa shape index (κ1) is 23.1. The molecule has 2 N–H and O–H groups in total. The molecule has 1 aromatic heterocycles. The van der Waals surface area contributed by atoms with Gasteiger partial charge >= 0.3 is 0 Å². The van der Waals surface area contributed by atoms with Gasteiger partial charge in [-0.25, -0.2) is 14.4 Å². The van der Waals surface area contributed by atoms with Crippen molar-refractivity contribution in [3.63, 3.8) is 0 Å². The van der Waals surface area contributed by atoms with Gasteiger partial charge in [-0.15, -0.1) is 0 Å².